The predicted octanol–water partition coefficient (Wildman–Crippen LogP) is 4.45. The first-order chi connectivity index (χ1) is 15.4. The molecule has 0 unspecified atom stereocenters. The molecule has 0 aliphatic carbocycles. The normalized spacial score (nSPS) is 17.4. The molecule has 2 aromatic carbocycles. The fraction of sp³-hybridized carbons (Fsp3) is 0.417. The summed E-state index contributed by atoms with van der Waals surface area (Å²) in [5, 5.41) is 6.85. The topological polar surface area (TPSA) is 69.5 Å². The van der Waals surface area contributed by atoms with Crippen molar-refractivity contribution in [2.45, 2.75) is 38.5 Å². The molecule has 5 rings (SSSR count). The molecule has 0 saturated carbocycles. The molecule has 7 heteroatoms. The first-order valence-corrected chi connectivity index (χ1v) is 11.4. The highest BCUT2D eigenvalue weighted by molar-refractivity contribution is 5.99. The number of nitrogens with one attached hydrogen (secondary N) is 1. The van der Waals surface area contributed by atoms with Crippen LogP contribution in [-0.4, -0.2) is 47.3 Å². The van der Waals surface area contributed by atoms with Crippen molar-refractivity contribution < 1.29 is 0 Å². The van der Waals surface area contributed by atoms with Crippen molar-refractivity contribution >= 4 is 34.8 Å². The molecule has 2 aliphatic heterocycles. The summed E-state index contributed by atoms with van der Waals surface area (Å²) in [6.07, 6.45) is 9.15. The third kappa shape index (κ3) is 4.60. The maximum atomic E-state index is 4.83. The van der Waals surface area contributed by atoms with Gasteiger partial charge in [-0.1, -0.05) is 42.5 Å². The fourth-order valence-corrected chi connectivity index (χ4v) is 4.40. The summed E-state index contributed by atoms with van der Waals surface area (Å²) < 4.78 is 0. The minimum atomic E-state index is 0.507. The quantitative estimate of drug-likeness (QED) is 0.490. The predicted molar refractivity (Wildman–Crippen MR) is 127 cm³/mol. The number of aromatic nitrogens is 3. The standard InChI is InChI=1S/C24H29N7/c1-5-14-30(15-6-1)23-26-22(27-24(28-23)31-16-7-2-8-17-31)29-25-18-20-12-9-11-19-10-3-4-13-21(19)20/h3-4,9-13,18H,1-2,5-8,14-17H2,(H,26,27,28,29)/b25-18+. The van der Waals surface area contributed by atoms with Gasteiger partial charge in [-0.2, -0.15) is 20.1 Å². The van der Waals surface area contributed by atoms with Crippen molar-refractivity contribution in [2.24, 2.45) is 5.10 Å². The van der Waals surface area contributed by atoms with E-state index in [-0.39, 0.29) is 0 Å². The average molecular weight is 416 g/mol. The summed E-state index contributed by atoms with van der Waals surface area (Å²) in [4.78, 5) is 18.8. The van der Waals surface area contributed by atoms with Gasteiger partial charge in [-0.05, 0) is 49.3 Å². The summed E-state index contributed by atoms with van der Waals surface area (Å²) in [5.74, 6) is 2.03. The molecular weight excluding hydrogens is 386 g/mol. The Morgan fingerprint density at radius 2 is 1.32 bits per heavy atom. The second-order valence-electron chi connectivity index (χ2n) is 8.29. The van der Waals surface area contributed by atoms with Gasteiger partial charge < -0.3 is 9.80 Å². The monoisotopic (exact) mass is 415 g/mol. The summed E-state index contributed by atoms with van der Waals surface area (Å²) in [5.41, 5.74) is 4.13. The molecule has 7 nitrogen and oxygen atoms in total. The van der Waals surface area contributed by atoms with E-state index in [9.17, 15) is 0 Å². The van der Waals surface area contributed by atoms with Crippen LogP contribution in [-0.2, 0) is 0 Å². The molecule has 0 spiro atoms. The zero-order valence-corrected chi connectivity index (χ0v) is 17.9. The lowest BCUT2D eigenvalue weighted by molar-refractivity contribution is 0.556. The molecule has 1 N–H and O–H groups in total. The molecule has 3 aromatic rings. The Balaban J connectivity index is 1.41. The smallest absolute Gasteiger partial charge is 0.250 e. The largest absolute Gasteiger partial charge is 0.341 e. The molecule has 2 fully saturated rings. The van der Waals surface area contributed by atoms with E-state index in [1.54, 1.807) is 0 Å². The van der Waals surface area contributed by atoms with E-state index in [1.807, 2.05) is 6.21 Å². The first kappa shape index (κ1) is 19.7. The van der Waals surface area contributed by atoms with E-state index in [1.165, 1.54) is 49.3 Å². The van der Waals surface area contributed by atoms with Crippen LogP contribution in [0.3, 0.4) is 0 Å². The highest BCUT2D eigenvalue weighted by atomic mass is 15.4. The SMILES string of the molecule is C(=N\Nc1nc(N2CCCCC2)nc(N2CCCCC2)n1)/c1cccc2ccccc12. The fourth-order valence-electron chi connectivity index (χ4n) is 4.40. The van der Waals surface area contributed by atoms with Crippen LogP contribution in [0.25, 0.3) is 10.8 Å². The molecule has 0 amide bonds. The number of piperidine rings is 2. The van der Waals surface area contributed by atoms with Gasteiger partial charge in [0.15, 0.2) is 0 Å². The molecule has 3 heterocycles. The second-order valence-corrected chi connectivity index (χ2v) is 8.29. The Labute approximate surface area is 183 Å². The van der Waals surface area contributed by atoms with Crippen molar-refractivity contribution in [3.63, 3.8) is 0 Å². The molecule has 31 heavy (non-hydrogen) atoms. The number of rotatable bonds is 5. The second kappa shape index (κ2) is 9.29. The Morgan fingerprint density at radius 3 is 2.00 bits per heavy atom. The maximum Gasteiger partial charge on any atom is 0.250 e. The van der Waals surface area contributed by atoms with Crippen LogP contribution >= 0.6 is 0 Å². The molecule has 0 radical (unpaired) electrons. The van der Waals surface area contributed by atoms with E-state index in [0.717, 1.165) is 43.6 Å². The van der Waals surface area contributed by atoms with Crippen LogP contribution in [0.4, 0.5) is 17.8 Å². The van der Waals surface area contributed by atoms with Crippen LogP contribution in [0.1, 0.15) is 44.1 Å². The number of nitrogens with zero attached hydrogens (tertiary/aromatic N) is 6. The summed E-state index contributed by atoms with van der Waals surface area (Å²) in [7, 11) is 0. The van der Waals surface area contributed by atoms with Crippen LogP contribution in [0.15, 0.2) is 47.6 Å². The number of fused-ring (bicyclic) bond motifs is 1. The van der Waals surface area contributed by atoms with Crippen LogP contribution in [0, 0.1) is 0 Å². The summed E-state index contributed by atoms with van der Waals surface area (Å²) in [6, 6.07) is 14.6. The van der Waals surface area contributed by atoms with Gasteiger partial charge in [0.05, 0.1) is 6.21 Å². The van der Waals surface area contributed by atoms with E-state index in [0.29, 0.717) is 5.95 Å². The summed E-state index contributed by atoms with van der Waals surface area (Å²) >= 11 is 0. The third-order valence-corrected chi connectivity index (χ3v) is 6.08. The Kier molecular flexibility index (Phi) is 5.91. The molecule has 160 valence electrons. The van der Waals surface area contributed by atoms with E-state index in [4.69, 9.17) is 15.0 Å². The van der Waals surface area contributed by atoms with Gasteiger partial charge in [0.1, 0.15) is 0 Å². The maximum absolute atomic E-state index is 4.83. The highest BCUT2D eigenvalue weighted by Crippen LogP contribution is 2.23. The van der Waals surface area contributed by atoms with Crippen molar-refractivity contribution in [2.75, 3.05) is 41.4 Å². The van der Waals surface area contributed by atoms with Gasteiger partial charge in [0, 0.05) is 31.7 Å². The van der Waals surface area contributed by atoms with Crippen molar-refractivity contribution in [3.05, 3.63) is 48.0 Å². The lowest BCUT2D eigenvalue weighted by atomic mass is 10.1. The van der Waals surface area contributed by atoms with Gasteiger partial charge >= 0.3 is 0 Å². The lowest BCUT2D eigenvalue weighted by Gasteiger charge is -2.30. The number of hydrogen-bond acceptors (Lipinski definition) is 7. The Morgan fingerprint density at radius 1 is 0.710 bits per heavy atom. The molecule has 0 atom stereocenters. The number of hydrogen-bond donors (Lipinski definition) is 1. The molecule has 1 aromatic heterocycles. The van der Waals surface area contributed by atoms with Gasteiger partial charge in [0.2, 0.25) is 17.8 Å². The third-order valence-electron chi connectivity index (χ3n) is 6.08. The summed E-state index contributed by atoms with van der Waals surface area (Å²) in [6.45, 7) is 4.01. The first-order valence-electron chi connectivity index (χ1n) is 11.4. The Bertz CT molecular complexity index is 1010. The lowest BCUT2D eigenvalue weighted by Crippen LogP contribution is -2.34. The zero-order chi connectivity index (χ0) is 20.9. The number of benzene rings is 2. The van der Waals surface area contributed by atoms with Crippen molar-refractivity contribution in [3.8, 4) is 0 Å². The Hall–Kier alpha value is -3.22. The van der Waals surface area contributed by atoms with Crippen molar-refractivity contribution in [1.29, 1.82) is 0 Å². The van der Waals surface area contributed by atoms with Gasteiger partial charge in [-0.3, -0.25) is 0 Å². The molecule has 0 bridgehead atoms. The number of hydrazone groups is 1. The molecular formula is C24H29N7. The van der Waals surface area contributed by atoms with Crippen LogP contribution in [0.2, 0.25) is 0 Å². The minimum absolute atomic E-state index is 0.507. The van der Waals surface area contributed by atoms with Gasteiger partial charge in [0.25, 0.3) is 0 Å². The molecule has 2 aliphatic rings. The van der Waals surface area contributed by atoms with Gasteiger partial charge in [-0.25, -0.2) is 5.43 Å². The number of anilines is 3. The minimum Gasteiger partial charge on any atom is -0.341 e. The van der Waals surface area contributed by atoms with Crippen molar-refractivity contribution in [1.82, 2.24) is 15.0 Å². The van der Waals surface area contributed by atoms with Gasteiger partial charge in [-0.15, -0.1) is 0 Å². The van der Waals surface area contributed by atoms with E-state index in [2.05, 4.69) is 62.8 Å². The zero-order valence-electron chi connectivity index (χ0n) is 17.9. The average Bonchev–Trinajstić information content (AvgIpc) is 2.85. The highest BCUT2D eigenvalue weighted by Gasteiger charge is 2.20. The van der Waals surface area contributed by atoms with E-state index < -0.39 is 0 Å². The molecule has 2 saturated heterocycles. The van der Waals surface area contributed by atoms with E-state index >= 15 is 0 Å². The van der Waals surface area contributed by atoms with Crippen LogP contribution in [0.5, 0.6) is 0 Å². The van der Waals surface area contributed by atoms with Crippen LogP contribution < -0.4 is 15.2 Å².